The number of carbonyl (C=O) groups excluding carboxylic acids is 2. The van der Waals surface area contributed by atoms with Crippen molar-refractivity contribution in [2.24, 2.45) is 11.3 Å². The Kier molecular flexibility index (Phi) is 3.86. The van der Waals surface area contributed by atoms with Gasteiger partial charge >= 0.3 is 5.97 Å². The van der Waals surface area contributed by atoms with Crippen molar-refractivity contribution in [1.82, 2.24) is 0 Å². The number of hydrogen-bond donors (Lipinski definition) is 0. The van der Waals surface area contributed by atoms with E-state index in [4.69, 9.17) is 4.74 Å². The Morgan fingerprint density at radius 1 is 1.22 bits per heavy atom. The number of ether oxygens (including phenoxy) is 1. The van der Waals surface area contributed by atoms with Gasteiger partial charge in [0.1, 0.15) is 0 Å². The number of methoxy groups -OCH3 is 1. The molecule has 0 aliphatic heterocycles. The normalized spacial score (nSPS) is 32.6. The summed E-state index contributed by atoms with van der Waals surface area (Å²) in [5.41, 5.74) is 2.99. The Hall–Kier alpha value is -1.64. The minimum Gasteiger partial charge on any atom is -0.469 e. The van der Waals surface area contributed by atoms with Gasteiger partial charge in [-0.1, -0.05) is 25.5 Å². The molecule has 23 heavy (non-hydrogen) atoms. The lowest BCUT2D eigenvalue weighted by Gasteiger charge is -2.54. The van der Waals surface area contributed by atoms with E-state index in [-0.39, 0.29) is 17.2 Å². The first-order chi connectivity index (χ1) is 10.8. The van der Waals surface area contributed by atoms with E-state index in [2.05, 4.69) is 26.0 Å². The van der Waals surface area contributed by atoms with Gasteiger partial charge in [0.15, 0.2) is 5.78 Å². The summed E-state index contributed by atoms with van der Waals surface area (Å²) in [6.45, 7) is 5.99. The van der Waals surface area contributed by atoms with E-state index in [0.29, 0.717) is 5.92 Å². The fourth-order valence-corrected chi connectivity index (χ4v) is 5.19. The van der Waals surface area contributed by atoms with Gasteiger partial charge in [-0.05, 0) is 68.1 Å². The molecule has 0 bridgehead atoms. The third kappa shape index (κ3) is 2.32. The van der Waals surface area contributed by atoms with Crippen LogP contribution in [-0.4, -0.2) is 18.9 Å². The van der Waals surface area contributed by atoms with Gasteiger partial charge in [-0.15, -0.1) is 0 Å². The van der Waals surface area contributed by atoms with E-state index in [1.165, 1.54) is 18.2 Å². The predicted molar refractivity (Wildman–Crippen MR) is 89.6 cm³/mol. The molecule has 3 heteroatoms. The molecule has 0 aromatic heterocycles. The first-order valence-corrected chi connectivity index (χ1v) is 8.55. The maximum Gasteiger partial charge on any atom is 0.311 e. The molecule has 124 valence electrons. The molecule has 1 saturated carbocycles. The second-order valence-electron chi connectivity index (χ2n) is 7.70. The van der Waals surface area contributed by atoms with Gasteiger partial charge in [-0.3, -0.25) is 9.59 Å². The van der Waals surface area contributed by atoms with Crippen LogP contribution in [0.5, 0.6) is 0 Å². The molecule has 0 spiro atoms. The minimum absolute atomic E-state index is 0.00983. The lowest BCUT2D eigenvalue weighted by Crippen LogP contribution is -2.52. The molecule has 1 fully saturated rings. The predicted octanol–water partition coefficient (Wildman–Crippen LogP) is 4.07. The zero-order valence-electron chi connectivity index (χ0n) is 14.6. The minimum atomic E-state index is -0.404. The molecule has 2 aliphatic carbocycles. The van der Waals surface area contributed by atoms with Crippen LogP contribution in [-0.2, 0) is 21.4 Å². The summed E-state index contributed by atoms with van der Waals surface area (Å²) in [4.78, 5) is 24.1. The quantitative estimate of drug-likeness (QED) is 0.610. The number of esters is 1. The second-order valence-corrected chi connectivity index (χ2v) is 7.70. The third-order valence-corrected chi connectivity index (χ3v) is 6.41. The molecule has 1 aromatic carbocycles. The zero-order chi connectivity index (χ0) is 16.8. The maximum atomic E-state index is 12.5. The van der Waals surface area contributed by atoms with E-state index < -0.39 is 5.41 Å². The third-order valence-electron chi connectivity index (χ3n) is 6.41. The molecule has 3 atom stereocenters. The molecule has 3 nitrogen and oxygen atoms in total. The highest BCUT2D eigenvalue weighted by molar-refractivity contribution is 5.94. The van der Waals surface area contributed by atoms with E-state index in [0.717, 1.165) is 37.7 Å². The van der Waals surface area contributed by atoms with Crippen LogP contribution in [0.3, 0.4) is 0 Å². The molecular weight excluding hydrogens is 288 g/mol. The summed E-state index contributed by atoms with van der Waals surface area (Å²) >= 11 is 0. The van der Waals surface area contributed by atoms with Crippen LogP contribution >= 0.6 is 0 Å². The molecule has 2 aliphatic rings. The molecule has 0 heterocycles. The van der Waals surface area contributed by atoms with Crippen molar-refractivity contribution in [2.45, 2.75) is 58.3 Å². The van der Waals surface area contributed by atoms with Gasteiger partial charge in [0, 0.05) is 5.56 Å². The summed E-state index contributed by atoms with van der Waals surface area (Å²) in [5.74, 6) is 0.340. The number of Topliss-reactive ketones (excluding diaryl/α,β-unsaturated/α-hetero) is 1. The van der Waals surface area contributed by atoms with Gasteiger partial charge in [0.25, 0.3) is 0 Å². The number of aryl methyl sites for hydroxylation is 1. The molecule has 0 radical (unpaired) electrons. The number of fused-ring (bicyclic) bond motifs is 3. The van der Waals surface area contributed by atoms with Crippen LogP contribution in [0.15, 0.2) is 18.2 Å². The summed E-state index contributed by atoms with van der Waals surface area (Å²) < 4.78 is 5.14. The molecule has 0 saturated heterocycles. The van der Waals surface area contributed by atoms with Crippen molar-refractivity contribution in [3.05, 3.63) is 34.9 Å². The van der Waals surface area contributed by atoms with Gasteiger partial charge in [-0.2, -0.15) is 0 Å². The van der Waals surface area contributed by atoms with Crippen LogP contribution in [0, 0.1) is 11.3 Å². The molecule has 3 rings (SSSR count). The molecule has 1 aromatic rings. The molecule has 0 N–H and O–H groups in total. The van der Waals surface area contributed by atoms with Gasteiger partial charge < -0.3 is 4.74 Å². The summed E-state index contributed by atoms with van der Waals surface area (Å²) in [6.07, 6.45) is 4.95. The van der Waals surface area contributed by atoms with Gasteiger partial charge in [0.05, 0.1) is 12.5 Å². The highest BCUT2D eigenvalue weighted by atomic mass is 16.5. The average Bonchev–Trinajstić information content (AvgIpc) is 2.53. The summed E-state index contributed by atoms with van der Waals surface area (Å²) in [7, 11) is 1.50. The van der Waals surface area contributed by atoms with Crippen molar-refractivity contribution < 1.29 is 14.3 Å². The summed E-state index contributed by atoms with van der Waals surface area (Å²) in [6, 6.07) is 6.13. The fraction of sp³-hybridized carbons (Fsp3) is 0.600. The molecular formula is C20H26O3. The number of benzene rings is 1. The van der Waals surface area contributed by atoms with Crippen molar-refractivity contribution in [3.8, 4) is 0 Å². The number of rotatable bonds is 2. The van der Waals surface area contributed by atoms with Crippen LogP contribution < -0.4 is 0 Å². The van der Waals surface area contributed by atoms with Crippen molar-refractivity contribution in [1.29, 1.82) is 0 Å². The Balaban J connectivity index is 2.07. The van der Waals surface area contributed by atoms with E-state index in [9.17, 15) is 9.59 Å². The van der Waals surface area contributed by atoms with E-state index >= 15 is 0 Å². The monoisotopic (exact) mass is 314 g/mol. The number of ketones is 1. The van der Waals surface area contributed by atoms with Crippen LogP contribution in [0.2, 0.25) is 0 Å². The fourth-order valence-electron chi connectivity index (χ4n) is 5.19. The average molecular weight is 314 g/mol. The highest BCUT2D eigenvalue weighted by Gasteiger charge is 2.55. The van der Waals surface area contributed by atoms with Crippen LogP contribution in [0.25, 0.3) is 0 Å². The Labute approximate surface area is 138 Å². The Morgan fingerprint density at radius 3 is 2.61 bits per heavy atom. The zero-order valence-corrected chi connectivity index (χ0v) is 14.6. The molecule has 0 amide bonds. The lowest BCUT2D eigenvalue weighted by molar-refractivity contribution is -0.161. The standard InChI is InChI=1S/C20H26O3/c1-13(21)14-6-8-16-15(12-14)7-9-17-19(16,2)10-5-11-20(17,3)18(22)23-4/h6,8,12,17H,5,7,9-11H2,1-4H3/t17-,19-,20+/m1/s1. The van der Waals surface area contributed by atoms with Gasteiger partial charge in [-0.25, -0.2) is 0 Å². The second kappa shape index (κ2) is 5.47. The van der Waals surface area contributed by atoms with Crippen LogP contribution in [0.4, 0.5) is 0 Å². The molecule has 0 unspecified atom stereocenters. The van der Waals surface area contributed by atoms with Crippen LogP contribution in [0.1, 0.15) is 67.9 Å². The topological polar surface area (TPSA) is 43.4 Å². The van der Waals surface area contributed by atoms with Crippen molar-refractivity contribution >= 4 is 11.8 Å². The largest absolute Gasteiger partial charge is 0.469 e. The summed E-state index contributed by atoms with van der Waals surface area (Å²) in [5, 5.41) is 0. The van der Waals surface area contributed by atoms with Crippen molar-refractivity contribution in [2.75, 3.05) is 7.11 Å². The van der Waals surface area contributed by atoms with E-state index in [1.54, 1.807) is 6.92 Å². The lowest BCUT2D eigenvalue weighted by atomic mass is 9.50. The number of carbonyl (C=O) groups is 2. The Morgan fingerprint density at radius 2 is 1.96 bits per heavy atom. The van der Waals surface area contributed by atoms with E-state index in [1.807, 2.05) is 6.07 Å². The highest BCUT2D eigenvalue weighted by Crippen LogP contribution is 2.57. The van der Waals surface area contributed by atoms with Crippen molar-refractivity contribution in [3.63, 3.8) is 0 Å². The Bertz CT molecular complexity index is 663. The maximum absolute atomic E-state index is 12.5. The SMILES string of the molecule is COC(=O)[C@@]1(C)CCC[C@]2(C)c3ccc(C(C)=O)cc3CC[C@@H]12. The number of hydrogen-bond acceptors (Lipinski definition) is 3. The first-order valence-electron chi connectivity index (χ1n) is 8.55. The van der Waals surface area contributed by atoms with Gasteiger partial charge in [0.2, 0.25) is 0 Å². The smallest absolute Gasteiger partial charge is 0.311 e. The first kappa shape index (κ1) is 16.2.